The molecule has 1 unspecified atom stereocenters. The van der Waals surface area contributed by atoms with E-state index in [1.54, 1.807) is 37.4 Å². The van der Waals surface area contributed by atoms with Gasteiger partial charge in [-0.25, -0.2) is 9.78 Å². The number of ether oxygens (including phenoxy) is 1. The van der Waals surface area contributed by atoms with E-state index in [2.05, 4.69) is 4.98 Å². The maximum absolute atomic E-state index is 11.4. The molecular formula is C11H13NO2. The minimum Gasteiger partial charge on any atom is -0.454 e. The quantitative estimate of drug-likeness (QED) is 0.543. The Balaban J connectivity index is 2.59. The lowest BCUT2D eigenvalue weighted by Crippen LogP contribution is -2.13. The highest BCUT2D eigenvalue weighted by molar-refractivity contribution is 5.87. The van der Waals surface area contributed by atoms with Gasteiger partial charge in [0.05, 0.1) is 0 Å². The second-order valence-corrected chi connectivity index (χ2v) is 2.85. The summed E-state index contributed by atoms with van der Waals surface area (Å²) in [4.78, 5) is 15.3. The number of carbonyl (C=O) groups is 1. The first kappa shape index (κ1) is 10.4. The van der Waals surface area contributed by atoms with Crippen LogP contribution in [-0.4, -0.2) is 17.1 Å². The fourth-order valence-electron chi connectivity index (χ4n) is 1.02. The number of allylic oxidation sites excluding steroid dienone is 1. The van der Waals surface area contributed by atoms with Gasteiger partial charge < -0.3 is 4.74 Å². The summed E-state index contributed by atoms with van der Waals surface area (Å²) in [5.74, 6) is -0.392. The molecule has 0 amide bonds. The number of pyridine rings is 1. The highest BCUT2D eigenvalue weighted by atomic mass is 16.5. The Morgan fingerprint density at radius 1 is 1.57 bits per heavy atom. The van der Waals surface area contributed by atoms with E-state index in [-0.39, 0.29) is 6.10 Å². The molecule has 0 aliphatic rings. The maximum Gasteiger partial charge on any atom is 0.357 e. The molecular weight excluding hydrogens is 178 g/mol. The average Bonchev–Trinajstić information content (AvgIpc) is 2.19. The average molecular weight is 191 g/mol. The third-order valence-electron chi connectivity index (χ3n) is 1.63. The Labute approximate surface area is 83.4 Å². The van der Waals surface area contributed by atoms with E-state index in [1.165, 1.54) is 0 Å². The van der Waals surface area contributed by atoms with E-state index in [0.29, 0.717) is 5.69 Å². The molecule has 3 heteroatoms. The Morgan fingerprint density at radius 3 is 2.93 bits per heavy atom. The minimum atomic E-state index is -0.392. The summed E-state index contributed by atoms with van der Waals surface area (Å²) >= 11 is 0. The van der Waals surface area contributed by atoms with Gasteiger partial charge in [0.2, 0.25) is 0 Å². The predicted octanol–water partition coefficient (Wildman–Crippen LogP) is 2.20. The molecule has 3 nitrogen and oxygen atoms in total. The lowest BCUT2D eigenvalue weighted by atomic mass is 10.3. The van der Waals surface area contributed by atoms with Gasteiger partial charge in [0, 0.05) is 6.20 Å². The van der Waals surface area contributed by atoms with E-state index in [4.69, 9.17) is 4.74 Å². The second-order valence-electron chi connectivity index (χ2n) is 2.85. The summed E-state index contributed by atoms with van der Waals surface area (Å²) in [5.41, 5.74) is 0.337. The van der Waals surface area contributed by atoms with Crippen LogP contribution in [0.25, 0.3) is 0 Å². The smallest absolute Gasteiger partial charge is 0.357 e. The SMILES string of the molecule is C/C=C/C(C)OC(=O)c1ccccn1. The Hall–Kier alpha value is -1.64. The lowest BCUT2D eigenvalue weighted by Gasteiger charge is -2.07. The topological polar surface area (TPSA) is 39.2 Å². The highest BCUT2D eigenvalue weighted by Gasteiger charge is 2.09. The molecule has 1 aromatic rings. The van der Waals surface area contributed by atoms with Crippen molar-refractivity contribution < 1.29 is 9.53 Å². The summed E-state index contributed by atoms with van der Waals surface area (Å²) < 4.78 is 5.09. The van der Waals surface area contributed by atoms with Gasteiger partial charge in [0.25, 0.3) is 0 Å². The van der Waals surface area contributed by atoms with Crippen LogP contribution in [0.5, 0.6) is 0 Å². The van der Waals surface area contributed by atoms with Gasteiger partial charge in [-0.3, -0.25) is 0 Å². The molecule has 0 spiro atoms. The molecule has 0 aromatic carbocycles. The van der Waals surface area contributed by atoms with Crippen LogP contribution >= 0.6 is 0 Å². The van der Waals surface area contributed by atoms with Crippen molar-refractivity contribution in [3.8, 4) is 0 Å². The molecule has 0 bridgehead atoms. The molecule has 0 fully saturated rings. The van der Waals surface area contributed by atoms with Gasteiger partial charge in [-0.05, 0) is 32.1 Å². The van der Waals surface area contributed by atoms with E-state index in [0.717, 1.165) is 0 Å². The van der Waals surface area contributed by atoms with Gasteiger partial charge >= 0.3 is 5.97 Å². The molecule has 0 saturated carbocycles. The normalized spacial score (nSPS) is 12.7. The minimum absolute atomic E-state index is 0.213. The van der Waals surface area contributed by atoms with Crippen LogP contribution in [0.2, 0.25) is 0 Å². The summed E-state index contributed by atoms with van der Waals surface area (Å²) in [6.45, 7) is 3.69. The van der Waals surface area contributed by atoms with Crippen LogP contribution < -0.4 is 0 Å². The fraction of sp³-hybridized carbons (Fsp3) is 0.273. The van der Waals surface area contributed by atoms with Crippen molar-refractivity contribution in [1.82, 2.24) is 4.98 Å². The molecule has 1 atom stereocenters. The number of carbonyl (C=O) groups excluding carboxylic acids is 1. The van der Waals surface area contributed by atoms with E-state index in [9.17, 15) is 4.79 Å². The van der Waals surface area contributed by atoms with Crippen molar-refractivity contribution in [2.75, 3.05) is 0 Å². The molecule has 74 valence electrons. The first-order valence-corrected chi connectivity index (χ1v) is 4.49. The third kappa shape index (κ3) is 3.01. The molecule has 0 saturated heterocycles. The molecule has 1 aromatic heterocycles. The number of aromatic nitrogens is 1. The van der Waals surface area contributed by atoms with Crippen molar-refractivity contribution in [1.29, 1.82) is 0 Å². The van der Waals surface area contributed by atoms with Crippen molar-refractivity contribution in [3.63, 3.8) is 0 Å². The van der Waals surface area contributed by atoms with Crippen LogP contribution in [0.3, 0.4) is 0 Å². The van der Waals surface area contributed by atoms with Gasteiger partial charge in [0.15, 0.2) is 0 Å². The zero-order valence-corrected chi connectivity index (χ0v) is 8.31. The second kappa shape index (κ2) is 5.17. The van der Waals surface area contributed by atoms with Crippen molar-refractivity contribution >= 4 is 5.97 Å². The number of esters is 1. The third-order valence-corrected chi connectivity index (χ3v) is 1.63. The van der Waals surface area contributed by atoms with Crippen LogP contribution in [0.15, 0.2) is 36.5 Å². The Kier molecular flexibility index (Phi) is 3.85. The van der Waals surface area contributed by atoms with Crippen molar-refractivity contribution in [2.45, 2.75) is 20.0 Å². The number of rotatable bonds is 3. The highest BCUT2D eigenvalue weighted by Crippen LogP contribution is 2.01. The van der Waals surface area contributed by atoms with E-state index in [1.807, 2.05) is 13.0 Å². The first-order valence-electron chi connectivity index (χ1n) is 4.49. The largest absolute Gasteiger partial charge is 0.454 e. The van der Waals surface area contributed by atoms with E-state index < -0.39 is 5.97 Å². The van der Waals surface area contributed by atoms with Gasteiger partial charge in [-0.1, -0.05) is 12.1 Å². The van der Waals surface area contributed by atoms with E-state index >= 15 is 0 Å². The summed E-state index contributed by atoms with van der Waals surface area (Å²) in [6, 6.07) is 5.14. The number of hydrogen-bond acceptors (Lipinski definition) is 3. The number of hydrogen-bond donors (Lipinski definition) is 0. The fourth-order valence-corrected chi connectivity index (χ4v) is 1.02. The van der Waals surface area contributed by atoms with Gasteiger partial charge in [-0.2, -0.15) is 0 Å². The molecule has 0 N–H and O–H groups in total. The Bertz CT molecular complexity index is 319. The molecule has 0 aliphatic heterocycles. The number of nitrogens with zero attached hydrogens (tertiary/aromatic N) is 1. The van der Waals surface area contributed by atoms with Crippen molar-refractivity contribution in [3.05, 3.63) is 42.2 Å². The first-order chi connectivity index (χ1) is 6.74. The zero-order valence-electron chi connectivity index (χ0n) is 8.31. The van der Waals surface area contributed by atoms with Gasteiger partial charge in [-0.15, -0.1) is 0 Å². The molecule has 1 rings (SSSR count). The standard InChI is InChI=1S/C11H13NO2/c1-3-6-9(2)14-11(13)10-7-4-5-8-12-10/h3-9H,1-2H3/b6-3+. The van der Waals surface area contributed by atoms with Gasteiger partial charge in [0.1, 0.15) is 11.8 Å². The molecule has 1 heterocycles. The van der Waals surface area contributed by atoms with Crippen LogP contribution in [0.4, 0.5) is 0 Å². The predicted molar refractivity (Wildman–Crippen MR) is 53.9 cm³/mol. The summed E-state index contributed by atoms with van der Waals surface area (Å²) in [6.07, 6.45) is 5.00. The zero-order chi connectivity index (χ0) is 10.4. The summed E-state index contributed by atoms with van der Waals surface area (Å²) in [5, 5.41) is 0. The Morgan fingerprint density at radius 2 is 2.36 bits per heavy atom. The maximum atomic E-state index is 11.4. The molecule has 0 radical (unpaired) electrons. The van der Waals surface area contributed by atoms with Crippen LogP contribution in [-0.2, 0) is 4.74 Å². The summed E-state index contributed by atoms with van der Waals surface area (Å²) in [7, 11) is 0. The molecule has 0 aliphatic carbocycles. The van der Waals surface area contributed by atoms with Crippen LogP contribution in [0.1, 0.15) is 24.3 Å². The lowest BCUT2D eigenvalue weighted by molar-refractivity contribution is 0.0417. The molecule has 14 heavy (non-hydrogen) atoms. The van der Waals surface area contributed by atoms with Crippen LogP contribution in [0, 0.1) is 0 Å². The monoisotopic (exact) mass is 191 g/mol. The van der Waals surface area contributed by atoms with Crippen molar-refractivity contribution in [2.24, 2.45) is 0 Å².